The minimum Gasteiger partial charge on any atom is -0.494 e. The normalized spacial score (nSPS) is 10.7. The fourth-order valence-electron chi connectivity index (χ4n) is 1.42. The van der Waals surface area contributed by atoms with E-state index in [2.05, 4.69) is 0 Å². The van der Waals surface area contributed by atoms with E-state index in [-0.39, 0.29) is 11.6 Å². The van der Waals surface area contributed by atoms with E-state index in [9.17, 15) is 4.39 Å². The van der Waals surface area contributed by atoms with Crippen molar-refractivity contribution in [3.63, 3.8) is 0 Å². The molecule has 1 aromatic carbocycles. The number of hydrogen-bond acceptors (Lipinski definition) is 3. The molecule has 0 amide bonds. The highest BCUT2D eigenvalue weighted by Crippen LogP contribution is 2.18. The van der Waals surface area contributed by atoms with Crippen LogP contribution in [0.1, 0.15) is 5.56 Å². The maximum Gasteiger partial charge on any atom is 0.165 e. The Balaban J connectivity index is 2.66. The number of halogens is 1. The summed E-state index contributed by atoms with van der Waals surface area (Å²) in [4.78, 5) is 2.04. The molecule has 0 atom stereocenters. The van der Waals surface area contributed by atoms with Gasteiger partial charge in [-0.3, -0.25) is 0 Å². The minimum absolute atomic E-state index is 0.278. The number of nitrogens with zero attached hydrogens (tertiary/aromatic N) is 1. The van der Waals surface area contributed by atoms with Gasteiger partial charge in [0.2, 0.25) is 0 Å². The highest BCUT2D eigenvalue weighted by Gasteiger charge is 2.05. The predicted molar refractivity (Wildman–Crippen MR) is 58.3 cm³/mol. The smallest absolute Gasteiger partial charge is 0.165 e. The van der Waals surface area contributed by atoms with Crippen molar-refractivity contribution in [1.82, 2.24) is 4.90 Å². The Hall–Kier alpha value is -1.13. The van der Waals surface area contributed by atoms with Gasteiger partial charge in [-0.05, 0) is 24.7 Å². The molecule has 1 rings (SSSR count). The summed E-state index contributed by atoms with van der Waals surface area (Å²) >= 11 is 0. The van der Waals surface area contributed by atoms with E-state index in [0.29, 0.717) is 13.1 Å². The number of hydrogen-bond donors (Lipinski definition) is 1. The molecule has 0 aliphatic carbocycles. The van der Waals surface area contributed by atoms with E-state index in [0.717, 1.165) is 12.1 Å². The molecule has 84 valence electrons. The number of benzene rings is 1. The van der Waals surface area contributed by atoms with Gasteiger partial charge < -0.3 is 15.4 Å². The molecule has 0 radical (unpaired) electrons. The number of methoxy groups -OCH3 is 1. The maximum absolute atomic E-state index is 13.3. The Kier molecular flexibility index (Phi) is 4.52. The Bertz CT molecular complexity index is 317. The Morgan fingerprint density at radius 2 is 2.20 bits per heavy atom. The van der Waals surface area contributed by atoms with Crippen molar-refractivity contribution in [2.75, 3.05) is 27.2 Å². The van der Waals surface area contributed by atoms with Crippen molar-refractivity contribution >= 4 is 0 Å². The van der Waals surface area contributed by atoms with Gasteiger partial charge in [0.1, 0.15) is 0 Å². The van der Waals surface area contributed by atoms with Crippen LogP contribution in [0, 0.1) is 5.82 Å². The minimum atomic E-state index is -0.323. The van der Waals surface area contributed by atoms with Crippen molar-refractivity contribution in [2.45, 2.75) is 6.54 Å². The highest BCUT2D eigenvalue weighted by atomic mass is 19.1. The zero-order valence-corrected chi connectivity index (χ0v) is 9.16. The van der Waals surface area contributed by atoms with E-state index in [1.54, 1.807) is 6.07 Å². The van der Waals surface area contributed by atoms with Crippen LogP contribution >= 0.6 is 0 Å². The van der Waals surface area contributed by atoms with E-state index in [1.807, 2.05) is 18.0 Å². The molecule has 0 heterocycles. The quantitative estimate of drug-likeness (QED) is 0.797. The predicted octanol–water partition coefficient (Wildman–Crippen LogP) is 1.22. The molecule has 0 saturated heterocycles. The van der Waals surface area contributed by atoms with Gasteiger partial charge >= 0.3 is 0 Å². The van der Waals surface area contributed by atoms with Crippen molar-refractivity contribution in [1.29, 1.82) is 0 Å². The van der Waals surface area contributed by atoms with Gasteiger partial charge in [0.25, 0.3) is 0 Å². The van der Waals surface area contributed by atoms with E-state index < -0.39 is 0 Å². The zero-order valence-electron chi connectivity index (χ0n) is 9.16. The second-order valence-corrected chi connectivity index (χ2v) is 3.50. The molecular weight excluding hydrogens is 195 g/mol. The van der Waals surface area contributed by atoms with Gasteiger partial charge in [-0.1, -0.05) is 6.07 Å². The van der Waals surface area contributed by atoms with Gasteiger partial charge in [-0.25, -0.2) is 4.39 Å². The summed E-state index contributed by atoms with van der Waals surface area (Å²) in [6, 6.07) is 4.99. The number of ether oxygens (including phenoxy) is 1. The van der Waals surface area contributed by atoms with Gasteiger partial charge in [-0.2, -0.15) is 0 Å². The Morgan fingerprint density at radius 1 is 1.47 bits per heavy atom. The molecule has 0 bridgehead atoms. The molecule has 0 aliphatic heterocycles. The summed E-state index contributed by atoms with van der Waals surface area (Å²) in [6.07, 6.45) is 0. The lowest BCUT2D eigenvalue weighted by Crippen LogP contribution is -2.24. The number of rotatable bonds is 5. The summed E-state index contributed by atoms with van der Waals surface area (Å²) in [5, 5.41) is 0. The van der Waals surface area contributed by atoms with E-state index >= 15 is 0 Å². The first-order valence-corrected chi connectivity index (χ1v) is 4.88. The third-order valence-electron chi connectivity index (χ3n) is 2.18. The van der Waals surface area contributed by atoms with E-state index in [1.165, 1.54) is 13.2 Å². The summed E-state index contributed by atoms with van der Waals surface area (Å²) in [7, 11) is 3.41. The summed E-state index contributed by atoms with van der Waals surface area (Å²) in [5.41, 5.74) is 6.34. The molecule has 0 spiro atoms. The van der Waals surface area contributed by atoms with Crippen LogP contribution in [-0.2, 0) is 6.54 Å². The summed E-state index contributed by atoms with van der Waals surface area (Å²) in [6.45, 7) is 2.10. The zero-order chi connectivity index (χ0) is 11.3. The topological polar surface area (TPSA) is 38.5 Å². The van der Waals surface area contributed by atoms with Crippen molar-refractivity contribution in [3.8, 4) is 5.75 Å². The third-order valence-corrected chi connectivity index (χ3v) is 2.18. The largest absolute Gasteiger partial charge is 0.494 e. The Labute approximate surface area is 89.6 Å². The van der Waals surface area contributed by atoms with Crippen molar-refractivity contribution in [3.05, 3.63) is 29.6 Å². The van der Waals surface area contributed by atoms with Crippen molar-refractivity contribution < 1.29 is 9.13 Å². The molecule has 2 N–H and O–H groups in total. The number of nitrogens with two attached hydrogens (primary N) is 1. The fourth-order valence-corrected chi connectivity index (χ4v) is 1.42. The average molecular weight is 212 g/mol. The second-order valence-electron chi connectivity index (χ2n) is 3.50. The van der Waals surface area contributed by atoms with Crippen LogP contribution in [0.3, 0.4) is 0 Å². The monoisotopic (exact) mass is 212 g/mol. The van der Waals surface area contributed by atoms with Gasteiger partial charge in [0.05, 0.1) is 7.11 Å². The first-order valence-electron chi connectivity index (χ1n) is 4.88. The lowest BCUT2D eigenvalue weighted by atomic mass is 10.2. The summed E-state index contributed by atoms with van der Waals surface area (Å²) in [5.74, 6) is -0.0450. The molecule has 0 unspecified atom stereocenters. The number of likely N-dealkylation sites (N-methyl/N-ethyl adjacent to an activating group) is 1. The van der Waals surface area contributed by atoms with Gasteiger partial charge in [0, 0.05) is 19.6 Å². The first kappa shape index (κ1) is 11.9. The molecule has 0 aliphatic rings. The van der Waals surface area contributed by atoms with Gasteiger partial charge in [0.15, 0.2) is 11.6 Å². The van der Waals surface area contributed by atoms with Crippen LogP contribution < -0.4 is 10.5 Å². The molecule has 4 heteroatoms. The van der Waals surface area contributed by atoms with Crippen LogP contribution in [0.15, 0.2) is 18.2 Å². The first-order chi connectivity index (χ1) is 7.17. The van der Waals surface area contributed by atoms with E-state index in [4.69, 9.17) is 10.5 Å². The SMILES string of the molecule is COc1ccc(CN(C)CCN)cc1F. The molecule has 0 aromatic heterocycles. The molecule has 1 aromatic rings. The summed E-state index contributed by atoms with van der Waals surface area (Å²) < 4.78 is 18.2. The molecule has 0 fully saturated rings. The highest BCUT2D eigenvalue weighted by molar-refractivity contribution is 5.29. The third kappa shape index (κ3) is 3.49. The molecule has 3 nitrogen and oxygen atoms in total. The van der Waals surface area contributed by atoms with Crippen LogP contribution in [0.2, 0.25) is 0 Å². The van der Waals surface area contributed by atoms with Crippen LogP contribution in [0.25, 0.3) is 0 Å². The van der Waals surface area contributed by atoms with Gasteiger partial charge in [-0.15, -0.1) is 0 Å². The fraction of sp³-hybridized carbons (Fsp3) is 0.455. The van der Waals surface area contributed by atoms with Crippen molar-refractivity contribution in [2.24, 2.45) is 5.73 Å². The standard InChI is InChI=1S/C11H17FN2O/c1-14(6-5-13)8-9-3-4-11(15-2)10(12)7-9/h3-4,7H,5-6,8,13H2,1-2H3. The lowest BCUT2D eigenvalue weighted by molar-refractivity contribution is 0.334. The molecule has 0 saturated carbocycles. The Morgan fingerprint density at radius 3 is 2.73 bits per heavy atom. The molecular formula is C11H17FN2O. The average Bonchev–Trinajstić information content (AvgIpc) is 2.18. The molecule has 15 heavy (non-hydrogen) atoms. The second kappa shape index (κ2) is 5.68. The van der Waals surface area contributed by atoms with Crippen LogP contribution in [-0.4, -0.2) is 32.1 Å². The maximum atomic E-state index is 13.3. The van der Waals surface area contributed by atoms with Crippen LogP contribution in [0.5, 0.6) is 5.75 Å². The van der Waals surface area contributed by atoms with Crippen LogP contribution in [0.4, 0.5) is 4.39 Å². The lowest BCUT2D eigenvalue weighted by Gasteiger charge is -2.15.